The second-order valence-corrected chi connectivity index (χ2v) is 4.86. The van der Waals surface area contributed by atoms with Crippen LogP contribution in [0.4, 0.5) is 0 Å². The van der Waals surface area contributed by atoms with Crippen molar-refractivity contribution in [2.75, 3.05) is 6.54 Å². The Morgan fingerprint density at radius 1 is 1.32 bits per heavy atom. The van der Waals surface area contributed by atoms with Gasteiger partial charge >= 0.3 is 0 Å². The van der Waals surface area contributed by atoms with Crippen LogP contribution in [0.5, 0.6) is 0 Å². The van der Waals surface area contributed by atoms with Gasteiger partial charge in [-0.05, 0) is 37.6 Å². The monoisotopic (exact) mass is 258 g/mol. The normalized spacial score (nSPS) is 12.6. The highest BCUT2D eigenvalue weighted by Crippen LogP contribution is 2.17. The first-order chi connectivity index (χ1) is 9.20. The molecule has 0 saturated heterocycles. The summed E-state index contributed by atoms with van der Waals surface area (Å²) < 4.78 is 2.08. The molecule has 4 nitrogen and oxygen atoms in total. The van der Waals surface area contributed by atoms with Crippen LogP contribution in [0.25, 0.3) is 0 Å². The molecule has 0 saturated carbocycles. The minimum Gasteiger partial charge on any atom is -0.338 e. The number of imidazole rings is 1. The Morgan fingerprint density at radius 2 is 2.16 bits per heavy atom. The van der Waals surface area contributed by atoms with Crippen LogP contribution in [-0.2, 0) is 13.5 Å². The van der Waals surface area contributed by atoms with E-state index in [1.54, 1.807) is 0 Å². The van der Waals surface area contributed by atoms with Gasteiger partial charge in [0, 0.05) is 38.1 Å². The molecule has 2 rings (SSSR count). The first-order valence-electron chi connectivity index (χ1n) is 6.83. The Kier molecular flexibility index (Phi) is 4.68. The second kappa shape index (κ2) is 6.48. The van der Waals surface area contributed by atoms with Crippen LogP contribution < -0.4 is 5.32 Å². The van der Waals surface area contributed by atoms with Gasteiger partial charge in [-0.25, -0.2) is 4.98 Å². The molecule has 0 radical (unpaired) electrons. The zero-order chi connectivity index (χ0) is 13.7. The molecule has 1 N–H and O–H groups in total. The van der Waals surface area contributed by atoms with E-state index < -0.39 is 0 Å². The SMILES string of the molecule is CCNC(CCc1nccn1C)c1cc(C)ccn1. The molecule has 0 aliphatic carbocycles. The maximum Gasteiger partial charge on any atom is 0.108 e. The number of pyridine rings is 1. The molecule has 0 fully saturated rings. The molecule has 0 amide bonds. The molecule has 0 bridgehead atoms. The highest BCUT2D eigenvalue weighted by molar-refractivity contribution is 5.17. The third-order valence-electron chi connectivity index (χ3n) is 3.32. The molecule has 4 heteroatoms. The lowest BCUT2D eigenvalue weighted by Crippen LogP contribution is -2.23. The molecule has 0 aliphatic rings. The largest absolute Gasteiger partial charge is 0.338 e. The smallest absolute Gasteiger partial charge is 0.108 e. The van der Waals surface area contributed by atoms with Crippen LogP contribution in [0.15, 0.2) is 30.7 Å². The van der Waals surface area contributed by atoms with Gasteiger partial charge < -0.3 is 9.88 Å². The van der Waals surface area contributed by atoms with Gasteiger partial charge in [0.1, 0.15) is 5.82 Å². The maximum absolute atomic E-state index is 4.49. The summed E-state index contributed by atoms with van der Waals surface area (Å²) in [6.07, 6.45) is 7.69. The van der Waals surface area contributed by atoms with E-state index in [9.17, 15) is 0 Å². The lowest BCUT2D eigenvalue weighted by Gasteiger charge is -2.17. The number of aryl methyl sites for hydroxylation is 3. The van der Waals surface area contributed by atoms with Crippen LogP contribution in [0, 0.1) is 6.92 Å². The van der Waals surface area contributed by atoms with Gasteiger partial charge in [-0.1, -0.05) is 6.92 Å². The minimum atomic E-state index is 0.293. The molecule has 0 spiro atoms. The average molecular weight is 258 g/mol. The molecule has 1 unspecified atom stereocenters. The van der Waals surface area contributed by atoms with Crippen LogP contribution in [0.3, 0.4) is 0 Å². The highest BCUT2D eigenvalue weighted by Gasteiger charge is 2.13. The van der Waals surface area contributed by atoms with Gasteiger partial charge in [-0.15, -0.1) is 0 Å². The van der Waals surface area contributed by atoms with Crippen molar-refractivity contribution in [3.8, 4) is 0 Å². The van der Waals surface area contributed by atoms with E-state index in [2.05, 4.69) is 39.8 Å². The van der Waals surface area contributed by atoms with Crippen molar-refractivity contribution in [3.05, 3.63) is 47.8 Å². The number of rotatable bonds is 6. The van der Waals surface area contributed by atoms with E-state index in [0.29, 0.717) is 6.04 Å². The number of hydrogen-bond acceptors (Lipinski definition) is 3. The summed E-state index contributed by atoms with van der Waals surface area (Å²) >= 11 is 0. The molecule has 2 aromatic heterocycles. The Balaban J connectivity index is 2.06. The van der Waals surface area contributed by atoms with Crippen LogP contribution in [0.2, 0.25) is 0 Å². The zero-order valence-corrected chi connectivity index (χ0v) is 11.9. The fourth-order valence-electron chi connectivity index (χ4n) is 2.26. The van der Waals surface area contributed by atoms with Gasteiger partial charge in [0.05, 0.1) is 5.69 Å². The lowest BCUT2D eigenvalue weighted by molar-refractivity contribution is 0.494. The molecular weight excluding hydrogens is 236 g/mol. The van der Waals surface area contributed by atoms with Crippen molar-refractivity contribution in [3.63, 3.8) is 0 Å². The summed E-state index contributed by atoms with van der Waals surface area (Å²) in [5.74, 6) is 1.12. The molecule has 19 heavy (non-hydrogen) atoms. The molecule has 0 aromatic carbocycles. The van der Waals surface area contributed by atoms with Crippen LogP contribution >= 0.6 is 0 Å². The van der Waals surface area contributed by atoms with E-state index in [4.69, 9.17) is 0 Å². The first-order valence-corrected chi connectivity index (χ1v) is 6.83. The fraction of sp³-hybridized carbons (Fsp3) is 0.467. The Morgan fingerprint density at radius 3 is 2.79 bits per heavy atom. The second-order valence-electron chi connectivity index (χ2n) is 4.86. The van der Waals surface area contributed by atoms with Crippen molar-refractivity contribution in [1.82, 2.24) is 19.9 Å². The summed E-state index contributed by atoms with van der Waals surface area (Å²) in [4.78, 5) is 8.87. The van der Waals surface area contributed by atoms with E-state index in [1.807, 2.05) is 31.7 Å². The number of nitrogens with one attached hydrogen (secondary N) is 1. The molecule has 2 aromatic rings. The number of aromatic nitrogens is 3. The summed E-state index contributed by atoms with van der Waals surface area (Å²) in [6, 6.07) is 4.48. The predicted octanol–water partition coefficient (Wildman–Crippen LogP) is 2.41. The third kappa shape index (κ3) is 3.64. The summed E-state index contributed by atoms with van der Waals surface area (Å²) in [5.41, 5.74) is 2.38. The van der Waals surface area contributed by atoms with Crippen LogP contribution in [0.1, 0.15) is 36.5 Å². The van der Waals surface area contributed by atoms with Gasteiger partial charge in [0.15, 0.2) is 0 Å². The highest BCUT2D eigenvalue weighted by atomic mass is 15.0. The standard InChI is InChI=1S/C15H22N4/c1-4-16-13(14-11-12(2)7-8-17-14)5-6-15-18-9-10-19(15)3/h7-11,13,16H,4-6H2,1-3H3. The van der Waals surface area contributed by atoms with Crippen molar-refractivity contribution >= 4 is 0 Å². The predicted molar refractivity (Wildman–Crippen MR) is 76.9 cm³/mol. The summed E-state index contributed by atoms with van der Waals surface area (Å²) in [6.45, 7) is 5.18. The van der Waals surface area contributed by atoms with Crippen molar-refractivity contribution < 1.29 is 0 Å². The lowest BCUT2D eigenvalue weighted by atomic mass is 10.1. The molecule has 102 valence electrons. The Hall–Kier alpha value is -1.68. The quantitative estimate of drug-likeness (QED) is 0.865. The van der Waals surface area contributed by atoms with E-state index in [0.717, 1.165) is 30.9 Å². The van der Waals surface area contributed by atoms with Gasteiger partial charge in [-0.2, -0.15) is 0 Å². The average Bonchev–Trinajstić information content (AvgIpc) is 2.80. The van der Waals surface area contributed by atoms with Gasteiger partial charge in [0.2, 0.25) is 0 Å². The van der Waals surface area contributed by atoms with Gasteiger partial charge in [-0.3, -0.25) is 4.98 Å². The fourth-order valence-corrected chi connectivity index (χ4v) is 2.26. The van der Waals surface area contributed by atoms with Crippen LogP contribution in [-0.4, -0.2) is 21.1 Å². The Labute approximate surface area is 114 Å². The zero-order valence-electron chi connectivity index (χ0n) is 11.9. The molecule has 2 heterocycles. The maximum atomic E-state index is 4.49. The van der Waals surface area contributed by atoms with Crippen molar-refractivity contribution in [2.45, 2.75) is 32.7 Å². The molecule has 1 atom stereocenters. The van der Waals surface area contributed by atoms with Crippen molar-refractivity contribution in [2.24, 2.45) is 7.05 Å². The van der Waals surface area contributed by atoms with E-state index in [1.165, 1.54) is 5.56 Å². The first kappa shape index (κ1) is 13.7. The Bertz CT molecular complexity index is 518. The van der Waals surface area contributed by atoms with E-state index >= 15 is 0 Å². The number of nitrogens with zero attached hydrogens (tertiary/aromatic N) is 3. The van der Waals surface area contributed by atoms with Crippen molar-refractivity contribution in [1.29, 1.82) is 0 Å². The van der Waals surface area contributed by atoms with Gasteiger partial charge in [0.25, 0.3) is 0 Å². The molecule has 0 aliphatic heterocycles. The van der Waals surface area contributed by atoms with E-state index in [-0.39, 0.29) is 0 Å². The topological polar surface area (TPSA) is 42.7 Å². The summed E-state index contributed by atoms with van der Waals surface area (Å²) in [7, 11) is 2.04. The number of hydrogen-bond donors (Lipinski definition) is 1. The third-order valence-corrected chi connectivity index (χ3v) is 3.32. The molecular formula is C15H22N4. The summed E-state index contributed by atoms with van der Waals surface area (Å²) in [5, 5.41) is 3.51. The minimum absolute atomic E-state index is 0.293.